The molecule has 28 heavy (non-hydrogen) atoms. The van der Waals surface area contributed by atoms with Gasteiger partial charge in [0.25, 0.3) is 0 Å². The number of allylic oxidation sites excluding steroid dienone is 1. The van der Waals surface area contributed by atoms with E-state index < -0.39 is 0 Å². The lowest BCUT2D eigenvalue weighted by Crippen LogP contribution is -2.33. The number of rotatable bonds is 3. The number of hydrogen-bond donors (Lipinski definition) is 1. The summed E-state index contributed by atoms with van der Waals surface area (Å²) in [5.41, 5.74) is 9.49. The largest absolute Gasteiger partial charge is 0.469 e. The van der Waals surface area contributed by atoms with Gasteiger partial charge in [0.05, 0.1) is 17.7 Å². The molecule has 0 amide bonds. The second-order valence-electron chi connectivity index (χ2n) is 7.49. The average Bonchev–Trinajstić information content (AvgIpc) is 2.75. The number of nitrogens with two attached hydrogens (primary N) is 1. The molecule has 0 spiro atoms. The molecular formula is C24H25N3O. The predicted molar refractivity (Wildman–Crippen MR) is 111 cm³/mol. The summed E-state index contributed by atoms with van der Waals surface area (Å²) in [4.78, 5) is 5.11. The summed E-state index contributed by atoms with van der Waals surface area (Å²) in [5, 5.41) is 9.83. The van der Waals surface area contributed by atoms with Crippen molar-refractivity contribution in [1.82, 2.24) is 0 Å². The fourth-order valence-electron chi connectivity index (χ4n) is 4.25. The van der Waals surface area contributed by atoms with Crippen molar-refractivity contribution < 1.29 is 4.74 Å². The minimum absolute atomic E-state index is 0.160. The van der Waals surface area contributed by atoms with Crippen LogP contribution in [0, 0.1) is 11.3 Å². The first-order valence-electron chi connectivity index (χ1n) is 10.0. The Labute approximate surface area is 166 Å². The van der Waals surface area contributed by atoms with Gasteiger partial charge in [-0.1, -0.05) is 79.9 Å². The van der Waals surface area contributed by atoms with Gasteiger partial charge in [0.2, 0.25) is 5.88 Å². The van der Waals surface area contributed by atoms with E-state index >= 15 is 0 Å². The maximum absolute atomic E-state index is 9.83. The van der Waals surface area contributed by atoms with E-state index in [1.165, 1.54) is 19.3 Å². The van der Waals surface area contributed by atoms with Crippen LogP contribution in [0.4, 0.5) is 0 Å². The van der Waals surface area contributed by atoms with E-state index in [-0.39, 0.29) is 23.9 Å². The van der Waals surface area contributed by atoms with Crippen LogP contribution in [0.2, 0.25) is 0 Å². The number of benzene rings is 2. The Morgan fingerprint density at radius 1 is 0.893 bits per heavy atom. The molecule has 1 fully saturated rings. The summed E-state index contributed by atoms with van der Waals surface area (Å²) in [6.45, 7) is 0. The second-order valence-corrected chi connectivity index (χ2v) is 7.49. The fourth-order valence-corrected chi connectivity index (χ4v) is 4.25. The van der Waals surface area contributed by atoms with E-state index in [0.29, 0.717) is 5.57 Å². The first kappa shape index (κ1) is 18.3. The zero-order valence-corrected chi connectivity index (χ0v) is 15.9. The van der Waals surface area contributed by atoms with E-state index in [0.717, 1.165) is 29.7 Å². The predicted octanol–water partition coefficient (Wildman–Crippen LogP) is 5.01. The molecule has 0 unspecified atom stereocenters. The van der Waals surface area contributed by atoms with Gasteiger partial charge in [-0.05, 0) is 24.0 Å². The summed E-state index contributed by atoms with van der Waals surface area (Å²) < 4.78 is 6.12. The van der Waals surface area contributed by atoms with Crippen molar-refractivity contribution in [3.8, 4) is 6.07 Å². The molecule has 1 heterocycles. The standard InChI is InChI=1S/C24H25N3O/c25-16-20-22(27-19-14-8-3-9-15-19)21(17-10-4-1-5-11-17)23(28-24(20)26)18-12-6-2-7-13-18/h1-2,4-7,10-13,19,21,23H,3,8-9,14-15,26H2/t21-,23-/m0/s1. The fraction of sp³-hybridized carbons (Fsp3) is 0.333. The average molecular weight is 371 g/mol. The van der Waals surface area contributed by atoms with E-state index in [2.05, 4.69) is 18.2 Å². The van der Waals surface area contributed by atoms with Crippen LogP contribution in [0.25, 0.3) is 0 Å². The Morgan fingerprint density at radius 2 is 1.50 bits per heavy atom. The molecule has 1 aliphatic carbocycles. The van der Waals surface area contributed by atoms with Crippen LogP contribution in [-0.2, 0) is 4.74 Å². The lowest BCUT2D eigenvalue weighted by atomic mass is 9.80. The van der Waals surface area contributed by atoms with Gasteiger partial charge < -0.3 is 10.5 Å². The number of aliphatic imine (C=N–C) groups is 1. The molecule has 0 saturated heterocycles. The number of nitrogens with zero attached hydrogens (tertiary/aromatic N) is 2. The van der Waals surface area contributed by atoms with Crippen molar-refractivity contribution in [3.05, 3.63) is 83.2 Å². The smallest absolute Gasteiger partial charge is 0.204 e. The highest BCUT2D eigenvalue weighted by Gasteiger charge is 2.39. The van der Waals surface area contributed by atoms with E-state index in [4.69, 9.17) is 15.5 Å². The lowest BCUT2D eigenvalue weighted by Gasteiger charge is -2.35. The Bertz CT molecular complexity index is 906. The highest BCUT2D eigenvalue weighted by atomic mass is 16.5. The molecule has 0 bridgehead atoms. The lowest BCUT2D eigenvalue weighted by molar-refractivity contribution is 0.0987. The molecule has 2 N–H and O–H groups in total. The molecule has 2 atom stereocenters. The maximum atomic E-state index is 9.83. The molecule has 1 aliphatic heterocycles. The first-order chi connectivity index (χ1) is 13.8. The SMILES string of the molecule is N#CC1=C(N)O[C@@H](c2ccccc2)[C@@H](c2ccccc2)C1=NC1CCCCC1. The third-order valence-corrected chi connectivity index (χ3v) is 5.65. The molecule has 2 aromatic carbocycles. The number of hydrogen-bond acceptors (Lipinski definition) is 4. The molecule has 4 rings (SSSR count). The minimum atomic E-state index is -0.303. The molecular weight excluding hydrogens is 346 g/mol. The third kappa shape index (κ3) is 3.66. The highest BCUT2D eigenvalue weighted by molar-refractivity contribution is 6.09. The quantitative estimate of drug-likeness (QED) is 0.824. The number of ether oxygens (including phenoxy) is 1. The first-order valence-corrected chi connectivity index (χ1v) is 10.0. The highest BCUT2D eigenvalue weighted by Crippen LogP contribution is 2.42. The molecule has 2 aliphatic rings. The van der Waals surface area contributed by atoms with E-state index in [1.54, 1.807) is 0 Å². The minimum Gasteiger partial charge on any atom is -0.469 e. The molecule has 1 saturated carbocycles. The molecule has 4 nitrogen and oxygen atoms in total. The Kier molecular flexibility index (Phi) is 5.43. The van der Waals surface area contributed by atoms with Crippen molar-refractivity contribution >= 4 is 5.71 Å². The summed E-state index contributed by atoms with van der Waals surface area (Å²) in [6, 6.07) is 22.8. The molecule has 0 aromatic heterocycles. The van der Waals surface area contributed by atoms with Crippen LogP contribution in [0.3, 0.4) is 0 Å². The Hall–Kier alpha value is -3.06. The topological polar surface area (TPSA) is 71.4 Å². The Balaban J connectivity index is 1.86. The van der Waals surface area contributed by atoms with Crippen molar-refractivity contribution in [3.63, 3.8) is 0 Å². The monoisotopic (exact) mass is 371 g/mol. The van der Waals surface area contributed by atoms with Crippen LogP contribution in [0.15, 0.2) is 77.1 Å². The zero-order valence-electron chi connectivity index (χ0n) is 15.9. The van der Waals surface area contributed by atoms with Crippen molar-refractivity contribution in [1.29, 1.82) is 5.26 Å². The van der Waals surface area contributed by atoms with Gasteiger partial charge in [-0.3, -0.25) is 4.99 Å². The van der Waals surface area contributed by atoms with E-state index in [1.807, 2.05) is 48.5 Å². The van der Waals surface area contributed by atoms with Gasteiger partial charge in [0, 0.05) is 0 Å². The maximum Gasteiger partial charge on any atom is 0.204 e. The van der Waals surface area contributed by atoms with Gasteiger partial charge in [-0.25, -0.2) is 0 Å². The van der Waals surface area contributed by atoms with Crippen LogP contribution in [-0.4, -0.2) is 11.8 Å². The van der Waals surface area contributed by atoms with Crippen LogP contribution < -0.4 is 5.73 Å². The summed E-state index contributed by atoms with van der Waals surface area (Å²) >= 11 is 0. The molecule has 4 heteroatoms. The van der Waals surface area contributed by atoms with Crippen LogP contribution in [0.1, 0.15) is 55.3 Å². The Morgan fingerprint density at radius 3 is 2.11 bits per heavy atom. The van der Waals surface area contributed by atoms with E-state index in [9.17, 15) is 5.26 Å². The molecule has 142 valence electrons. The van der Waals surface area contributed by atoms with Crippen molar-refractivity contribution in [2.75, 3.05) is 0 Å². The van der Waals surface area contributed by atoms with Gasteiger partial charge in [0.15, 0.2) is 0 Å². The zero-order chi connectivity index (χ0) is 19.3. The van der Waals surface area contributed by atoms with Gasteiger partial charge in [-0.2, -0.15) is 5.26 Å². The van der Waals surface area contributed by atoms with Gasteiger partial charge in [-0.15, -0.1) is 0 Å². The van der Waals surface area contributed by atoms with Gasteiger partial charge in [0.1, 0.15) is 17.7 Å². The molecule has 2 aromatic rings. The third-order valence-electron chi connectivity index (χ3n) is 5.65. The van der Waals surface area contributed by atoms with Crippen molar-refractivity contribution in [2.45, 2.75) is 50.2 Å². The molecule has 0 radical (unpaired) electrons. The second kappa shape index (κ2) is 8.31. The normalized spacial score (nSPS) is 24.6. The van der Waals surface area contributed by atoms with Crippen molar-refractivity contribution in [2.24, 2.45) is 10.7 Å². The van der Waals surface area contributed by atoms with Crippen LogP contribution >= 0.6 is 0 Å². The summed E-state index contributed by atoms with van der Waals surface area (Å²) in [5.74, 6) is 0.0190. The summed E-state index contributed by atoms with van der Waals surface area (Å²) in [6.07, 6.45) is 5.49. The van der Waals surface area contributed by atoms with Gasteiger partial charge >= 0.3 is 0 Å². The van der Waals surface area contributed by atoms with Crippen LogP contribution in [0.5, 0.6) is 0 Å². The summed E-state index contributed by atoms with van der Waals surface area (Å²) in [7, 11) is 0. The number of nitriles is 1.